The molecular formula is C34H51N3O5. The van der Waals surface area contributed by atoms with Gasteiger partial charge < -0.3 is 24.0 Å². The molecule has 0 aliphatic carbocycles. The summed E-state index contributed by atoms with van der Waals surface area (Å²) in [5.41, 5.74) is 4.95. The van der Waals surface area contributed by atoms with Crippen LogP contribution < -0.4 is 9.47 Å². The van der Waals surface area contributed by atoms with Gasteiger partial charge in [-0.1, -0.05) is 43.2 Å². The summed E-state index contributed by atoms with van der Waals surface area (Å²) in [7, 11) is 4.99. The van der Waals surface area contributed by atoms with Crippen LogP contribution >= 0.6 is 0 Å². The van der Waals surface area contributed by atoms with E-state index in [4.69, 9.17) is 14.2 Å². The molecule has 42 heavy (non-hydrogen) atoms. The molecule has 0 unspecified atom stereocenters. The van der Waals surface area contributed by atoms with Crippen LogP contribution in [-0.4, -0.2) is 86.2 Å². The van der Waals surface area contributed by atoms with E-state index in [2.05, 4.69) is 44.7 Å². The number of carbonyl (C=O) groups excluding carboxylic acids is 2. The van der Waals surface area contributed by atoms with E-state index in [0.29, 0.717) is 51.5 Å². The molecule has 0 saturated carbocycles. The minimum Gasteiger partial charge on any atom is -0.497 e. The highest BCUT2D eigenvalue weighted by atomic mass is 16.5. The number of rotatable bonds is 11. The van der Waals surface area contributed by atoms with Gasteiger partial charge in [0.2, 0.25) is 11.8 Å². The van der Waals surface area contributed by atoms with Crippen molar-refractivity contribution in [1.82, 2.24) is 14.7 Å². The molecule has 232 valence electrons. The van der Waals surface area contributed by atoms with Crippen molar-refractivity contribution < 1.29 is 23.8 Å². The number of hydrogen-bond donors (Lipinski definition) is 0. The standard InChI is InChI=1S/C34H51N3O5/c1-24(2)18-26(5)10-11-32(38)35-14-12-34(13-15-35)31(19-25(3)4)37(33(39)23-36(34)16-17-40-7)22-28-20-29(41-8)21-30(42-9)27(28)6/h10,18-21,25H,11-17,22-23H2,1-9H3/b26-10-,31-19-. The van der Waals surface area contributed by atoms with Crippen LogP contribution in [0, 0.1) is 12.8 Å². The van der Waals surface area contributed by atoms with Crippen molar-refractivity contribution in [2.75, 3.05) is 54.1 Å². The van der Waals surface area contributed by atoms with E-state index in [1.54, 1.807) is 21.3 Å². The van der Waals surface area contributed by atoms with Crippen LogP contribution in [0.15, 0.2) is 47.2 Å². The topological polar surface area (TPSA) is 71.6 Å². The van der Waals surface area contributed by atoms with Gasteiger partial charge >= 0.3 is 0 Å². The fourth-order valence-corrected chi connectivity index (χ4v) is 6.15. The van der Waals surface area contributed by atoms with Crippen molar-refractivity contribution in [1.29, 1.82) is 0 Å². The molecule has 0 N–H and O–H groups in total. The Hall–Kier alpha value is -3.10. The summed E-state index contributed by atoms with van der Waals surface area (Å²) in [5.74, 6) is 1.87. The highest BCUT2D eigenvalue weighted by molar-refractivity contribution is 5.83. The lowest BCUT2D eigenvalue weighted by molar-refractivity contribution is -0.144. The zero-order valence-corrected chi connectivity index (χ0v) is 27.2. The lowest BCUT2D eigenvalue weighted by atomic mass is 9.78. The van der Waals surface area contributed by atoms with Crippen molar-refractivity contribution in [3.8, 4) is 11.5 Å². The number of allylic oxidation sites excluding steroid dienone is 4. The first-order valence-corrected chi connectivity index (χ1v) is 15.0. The van der Waals surface area contributed by atoms with Gasteiger partial charge in [-0.05, 0) is 63.6 Å². The van der Waals surface area contributed by atoms with E-state index in [1.165, 1.54) is 5.57 Å². The van der Waals surface area contributed by atoms with Gasteiger partial charge in [0, 0.05) is 44.9 Å². The zero-order chi connectivity index (χ0) is 31.0. The van der Waals surface area contributed by atoms with Gasteiger partial charge in [-0.3, -0.25) is 14.5 Å². The summed E-state index contributed by atoms with van der Waals surface area (Å²) >= 11 is 0. The van der Waals surface area contributed by atoms with E-state index in [0.717, 1.165) is 41.0 Å². The predicted octanol–water partition coefficient (Wildman–Crippen LogP) is 5.51. The normalized spacial score (nSPS) is 18.7. The summed E-state index contributed by atoms with van der Waals surface area (Å²) in [6.07, 6.45) is 8.26. The average Bonchev–Trinajstić information content (AvgIpc) is 2.95. The van der Waals surface area contributed by atoms with Crippen molar-refractivity contribution in [2.45, 2.75) is 72.9 Å². The van der Waals surface area contributed by atoms with Crippen LogP contribution in [-0.2, 0) is 20.9 Å². The van der Waals surface area contributed by atoms with Crippen LogP contribution in [0.4, 0.5) is 0 Å². The molecular weight excluding hydrogens is 530 g/mol. The molecule has 0 bridgehead atoms. The first-order chi connectivity index (χ1) is 19.9. The van der Waals surface area contributed by atoms with Crippen molar-refractivity contribution in [3.05, 3.63) is 58.3 Å². The van der Waals surface area contributed by atoms with Crippen molar-refractivity contribution >= 4 is 11.8 Å². The molecule has 3 rings (SSSR count). The Kier molecular flexibility index (Phi) is 11.8. The molecule has 1 aromatic rings. The van der Waals surface area contributed by atoms with Gasteiger partial charge in [0.05, 0.1) is 39.5 Å². The monoisotopic (exact) mass is 581 g/mol. The van der Waals surface area contributed by atoms with Gasteiger partial charge in [-0.2, -0.15) is 0 Å². The molecule has 2 saturated heterocycles. The Balaban J connectivity index is 1.97. The first-order valence-electron chi connectivity index (χ1n) is 15.0. The number of methoxy groups -OCH3 is 3. The summed E-state index contributed by atoms with van der Waals surface area (Å²) in [6, 6.07) is 3.87. The molecule has 0 atom stereocenters. The van der Waals surface area contributed by atoms with E-state index in [1.807, 2.05) is 41.9 Å². The number of piperidine rings is 1. The molecule has 1 spiro atoms. The number of nitrogens with zero attached hydrogens (tertiary/aromatic N) is 3. The predicted molar refractivity (Wildman–Crippen MR) is 168 cm³/mol. The van der Waals surface area contributed by atoms with Crippen molar-refractivity contribution in [2.24, 2.45) is 5.92 Å². The second-order valence-electron chi connectivity index (χ2n) is 12.1. The second-order valence-corrected chi connectivity index (χ2v) is 12.1. The molecule has 2 heterocycles. The second kappa shape index (κ2) is 14.9. The summed E-state index contributed by atoms with van der Waals surface area (Å²) in [5, 5.41) is 0. The summed E-state index contributed by atoms with van der Waals surface area (Å²) in [4.78, 5) is 33.3. The lowest BCUT2D eigenvalue weighted by Crippen LogP contribution is -2.66. The third-order valence-electron chi connectivity index (χ3n) is 8.34. The Labute approximate surface area is 253 Å². The lowest BCUT2D eigenvalue weighted by Gasteiger charge is -2.55. The molecule has 8 heteroatoms. The molecule has 1 aromatic carbocycles. The third-order valence-corrected chi connectivity index (χ3v) is 8.34. The largest absolute Gasteiger partial charge is 0.497 e. The maximum Gasteiger partial charge on any atom is 0.241 e. The zero-order valence-electron chi connectivity index (χ0n) is 27.2. The smallest absolute Gasteiger partial charge is 0.241 e. The number of hydrogen-bond acceptors (Lipinski definition) is 6. The van der Waals surface area contributed by atoms with Crippen LogP contribution in [0.25, 0.3) is 0 Å². The van der Waals surface area contributed by atoms with Gasteiger partial charge in [0.1, 0.15) is 11.5 Å². The Bertz CT molecular complexity index is 1200. The quantitative estimate of drug-likeness (QED) is 0.321. The van der Waals surface area contributed by atoms with Gasteiger partial charge in [-0.15, -0.1) is 0 Å². The molecule has 2 aliphatic heterocycles. The van der Waals surface area contributed by atoms with Crippen molar-refractivity contribution in [3.63, 3.8) is 0 Å². The Morgan fingerprint density at radius 1 is 1.07 bits per heavy atom. The summed E-state index contributed by atoms with van der Waals surface area (Å²) < 4.78 is 16.7. The maximum atomic E-state index is 13.9. The van der Waals surface area contributed by atoms with Gasteiger partial charge in [-0.25, -0.2) is 0 Å². The number of carbonyl (C=O) groups is 2. The fraction of sp³-hybridized carbons (Fsp3) is 0.588. The molecule has 2 amide bonds. The highest BCUT2D eigenvalue weighted by Crippen LogP contribution is 2.42. The molecule has 2 aliphatic rings. The SMILES string of the molecule is COCCN1CC(=O)N(Cc2cc(OC)cc(OC)c2C)/C(=C\C(C)C)C12CCN(C(=O)C/C=C(/C)C=C(C)C)CC2. The molecule has 8 nitrogen and oxygen atoms in total. The number of amides is 2. The number of benzene rings is 1. The average molecular weight is 582 g/mol. The van der Waals surface area contributed by atoms with Crippen LogP contribution in [0.2, 0.25) is 0 Å². The van der Waals surface area contributed by atoms with E-state index < -0.39 is 0 Å². The van der Waals surface area contributed by atoms with E-state index in [-0.39, 0.29) is 23.3 Å². The van der Waals surface area contributed by atoms with Gasteiger partial charge in [0.25, 0.3) is 0 Å². The van der Waals surface area contributed by atoms with E-state index >= 15 is 0 Å². The molecule has 0 aromatic heterocycles. The summed E-state index contributed by atoms with van der Waals surface area (Å²) in [6.45, 7) is 15.7. The van der Waals surface area contributed by atoms with E-state index in [9.17, 15) is 9.59 Å². The Morgan fingerprint density at radius 2 is 1.76 bits per heavy atom. The van der Waals surface area contributed by atoms with Crippen LogP contribution in [0.3, 0.4) is 0 Å². The minimum absolute atomic E-state index is 0.0585. The maximum absolute atomic E-state index is 13.9. The number of likely N-dealkylation sites (tertiary alicyclic amines) is 1. The molecule has 2 fully saturated rings. The first kappa shape index (κ1) is 33.4. The van der Waals surface area contributed by atoms with Gasteiger partial charge in [0.15, 0.2) is 0 Å². The highest BCUT2D eigenvalue weighted by Gasteiger charge is 2.50. The fourth-order valence-electron chi connectivity index (χ4n) is 6.15. The number of ether oxygens (including phenoxy) is 3. The third kappa shape index (κ3) is 7.84. The van der Waals surface area contributed by atoms with Crippen LogP contribution in [0.1, 0.15) is 65.0 Å². The van der Waals surface area contributed by atoms with Crippen LogP contribution in [0.5, 0.6) is 11.5 Å². The Morgan fingerprint density at radius 3 is 2.33 bits per heavy atom. The molecule has 0 radical (unpaired) electrons. The minimum atomic E-state index is -0.377. The number of piperazine rings is 1.